The molecule has 0 saturated carbocycles. The summed E-state index contributed by atoms with van der Waals surface area (Å²) in [6.45, 7) is 0.410. The summed E-state index contributed by atoms with van der Waals surface area (Å²) >= 11 is 6.72. The number of nitrogens with one attached hydrogen (secondary N) is 1. The van der Waals surface area contributed by atoms with Crippen molar-refractivity contribution in [3.05, 3.63) is 25.7 Å². The standard InChI is InChI=1S/C10H9BrINO3S/c11-4-1-5(8(14)6(12)2-4)9-13-3-7(17-9)10(15)16/h1-2,7,9,13-14H,3H2,(H,15,16)/t7-,9-/m0/s1. The molecule has 3 N–H and O–H groups in total. The van der Waals surface area contributed by atoms with Crippen LogP contribution in [0.25, 0.3) is 0 Å². The van der Waals surface area contributed by atoms with Gasteiger partial charge in [0.15, 0.2) is 0 Å². The fourth-order valence-corrected chi connectivity index (χ4v) is 4.30. The van der Waals surface area contributed by atoms with Gasteiger partial charge in [0.05, 0.1) is 8.94 Å². The molecule has 17 heavy (non-hydrogen) atoms. The minimum absolute atomic E-state index is 0.179. The maximum absolute atomic E-state index is 10.9. The van der Waals surface area contributed by atoms with Gasteiger partial charge in [-0.2, -0.15) is 0 Å². The number of aromatic hydroxyl groups is 1. The van der Waals surface area contributed by atoms with Gasteiger partial charge in [-0.1, -0.05) is 15.9 Å². The van der Waals surface area contributed by atoms with E-state index in [0.717, 1.165) is 13.6 Å². The number of carboxylic acids is 1. The maximum atomic E-state index is 10.9. The fraction of sp³-hybridized carbons (Fsp3) is 0.300. The van der Waals surface area contributed by atoms with Gasteiger partial charge >= 0.3 is 5.97 Å². The van der Waals surface area contributed by atoms with E-state index in [0.29, 0.717) is 6.54 Å². The van der Waals surface area contributed by atoms with Crippen LogP contribution in [0.1, 0.15) is 10.9 Å². The smallest absolute Gasteiger partial charge is 0.318 e. The van der Waals surface area contributed by atoms with Crippen LogP contribution in [0.3, 0.4) is 0 Å². The van der Waals surface area contributed by atoms with Gasteiger partial charge in [0.2, 0.25) is 0 Å². The predicted octanol–water partition coefficient (Wildman–Crippen LogP) is 2.55. The molecular weight excluding hydrogens is 421 g/mol. The molecule has 1 aliphatic rings. The molecule has 92 valence electrons. The largest absolute Gasteiger partial charge is 0.506 e. The summed E-state index contributed by atoms with van der Waals surface area (Å²) in [7, 11) is 0. The molecule has 0 bridgehead atoms. The molecule has 0 aromatic heterocycles. The van der Waals surface area contributed by atoms with Crippen molar-refractivity contribution in [1.82, 2.24) is 5.32 Å². The van der Waals surface area contributed by atoms with E-state index >= 15 is 0 Å². The summed E-state index contributed by atoms with van der Waals surface area (Å²) in [4.78, 5) is 10.9. The molecule has 1 aliphatic heterocycles. The molecule has 2 rings (SSSR count). The van der Waals surface area contributed by atoms with Gasteiger partial charge in [-0.05, 0) is 34.7 Å². The summed E-state index contributed by atoms with van der Waals surface area (Å²) in [5.74, 6) is -0.612. The number of aliphatic carboxylic acids is 1. The minimum Gasteiger partial charge on any atom is -0.506 e. The molecule has 2 atom stereocenters. The zero-order chi connectivity index (χ0) is 12.6. The van der Waals surface area contributed by atoms with Crippen molar-refractivity contribution in [2.24, 2.45) is 0 Å². The predicted molar refractivity (Wildman–Crippen MR) is 78.3 cm³/mol. The Kier molecular flexibility index (Phi) is 4.22. The quantitative estimate of drug-likeness (QED) is 0.630. The van der Waals surface area contributed by atoms with Crippen molar-refractivity contribution in [3.8, 4) is 5.75 Å². The molecule has 1 saturated heterocycles. The van der Waals surface area contributed by atoms with Gasteiger partial charge < -0.3 is 10.2 Å². The second kappa shape index (κ2) is 5.33. The van der Waals surface area contributed by atoms with E-state index in [4.69, 9.17) is 5.11 Å². The van der Waals surface area contributed by atoms with Crippen LogP contribution in [-0.4, -0.2) is 28.0 Å². The average Bonchev–Trinajstić information content (AvgIpc) is 2.72. The third kappa shape index (κ3) is 2.88. The first-order chi connectivity index (χ1) is 7.99. The monoisotopic (exact) mass is 429 g/mol. The van der Waals surface area contributed by atoms with Crippen molar-refractivity contribution in [1.29, 1.82) is 0 Å². The first kappa shape index (κ1) is 13.4. The Morgan fingerprint density at radius 3 is 2.88 bits per heavy atom. The number of halogens is 2. The van der Waals surface area contributed by atoms with E-state index in [9.17, 15) is 9.90 Å². The average molecular weight is 430 g/mol. The fourth-order valence-electron chi connectivity index (χ4n) is 1.59. The first-order valence-corrected chi connectivity index (χ1v) is 7.60. The molecule has 0 aliphatic carbocycles. The molecule has 1 fully saturated rings. The number of carbonyl (C=O) groups is 1. The van der Waals surface area contributed by atoms with Crippen molar-refractivity contribution in [2.75, 3.05) is 6.54 Å². The van der Waals surface area contributed by atoms with Gasteiger partial charge in [0.25, 0.3) is 0 Å². The first-order valence-electron chi connectivity index (χ1n) is 4.78. The SMILES string of the molecule is O=C(O)[C@@H]1CN[C@H](c2cc(Br)cc(I)c2O)S1. The Hall–Kier alpha value is 0.01000. The van der Waals surface area contributed by atoms with E-state index in [1.54, 1.807) is 0 Å². The van der Waals surface area contributed by atoms with Gasteiger partial charge in [0, 0.05) is 16.6 Å². The van der Waals surface area contributed by atoms with E-state index < -0.39 is 11.2 Å². The number of phenolic OH excluding ortho intramolecular Hbond substituents is 1. The third-order valence-electron chi connectivity index (χ3n) is 2.40. The summed E-state index contributed by atoms with van der Waals surface area (Å²) in [6.07, 6.45) is 0. The minimum atomic E-state index is -0.825. The van der Waals surface area contributed by atoms with Gasteiger partial charge in [-0.15, -0.1) is 11.8 Å². The Bertz CT molecular complexity index is 471. The lowest BCUT2D eigenvalue weighted by Crippen LogP contribution is -2.21. The topological polar surface area (TPSA) is 69.6 Å². The highest BCUT2D eigenvalue weighted by molar-refractivity contribution is 14.1. The van der Waals surface area contributed by atoms with Gasteiger partial charge in [-0.3, -0.25) is 10.1 Å². The lowest BCUT2D eigenvalue weighted by atomic mass is 10.2. The molecular formula is C10H9BrINO3S. The number of carboxylic acid groups (broad SMARTS) is 1. The highest BCUT2D eigenvalue weighted by Crippen LogP contribution is 2.41. The summed E-state index contributed by atoms with van der Waals surface area (Å²) in [5, 5.41) is 21.4. The highest BCUT2D eigenvalue weighted by Gasteiger charge is 2.32. The van der Waals surface area contributed by atoms with E-state index in [2.05, 4.69) is 21.2 Å². The lowest BCUT2D eigenvalue weighted by Gasteiger charge is -2.13. The molecule has 0 unspecified atom stereocenters. The van der Waals surface area contributed by atoms with Crippen LogP contribution < -0.4 is 5.32 Å². The Morgan fingerprint density at radius 1 is 1.59 bits per heavy atom. The molecule has 1 aromatic rings. The Labute approximate surface area is 124 Å². The van der Waals surface area contributed by atoms with Crippen molar-refractivity contribution in [3.63, 3.8) is 0 Å². The molecule has 7 heteroatoms. The van der Waals surface area contributed by atoms with Crippen LogP contribution in [0.5, 0.6) is 5.75 Å². The van der Waals surface area contributed by atoms with Crippen LogP contribution in [0.15, 0.2) is 16.6 Å². The second-order valence-corrected chi connectivity index (χ2v) is 6.97. The Morgan fingerprint density at radius 2 is 2.29 bits per heavy atom. The van der Waals surface area contributed by atoms with Crippen molar-refractivity contribution >= 4 is 56.3 Å². The number of hydrogen-bond donors (Lipinski definition) is 3. The lowest BCUT2D eigenvalue weighted by molar-refractivity contribution is -0.136. The van der Waals surface area contributed by atoms with E-state index in [1.807, 2.05) is 34.7 Å². The zero-order valence-electron chi connectivity index (χ0n) is 8.48. The van der Waals surface area contributed by atoms with Crippen molar-refractivity contribution in [2.45, 2.75) is 10.6 Å². The van der Waals surface area contributed by atoms with Gasteiger partial charge in [0.1, 0.15) is 11.0 Å². The molecule has 1 heterocycles. The normalized spacial score (nSPS) is 23.9. The maximum Gasteiger partial charge on any atom is 0.318 e. The molecule has 1 aromatic carbocycles. The number of rotatable bonds is 2. The zero-order valence-corrected chi connectivity index (χ0v) is 13.0. The van der Waals surface area contributed by atoms with E-state index in [1.165, 1.54) is 11.8 Å². The second-order valence-electron chi connectivity index (χ2n) is 3.58. The van der Waals surface area contributed by atoms with Crippen LogP contribution in [-0.2, 0) is 4.79 Å². The van der Waals surface area contributed by atoms with Crippen LogP contribution in [0.2, 0.25) is 0 Å². The van der Waals surface area contributed by atoms with Crippen LogP contribution >= 0.6 is 50.3 Å². The van der Waals surface area contributed by atoms with Crippen LogP contribution in [0, 0.1) is 3.57 Å². The van der Waals surface area contributed by atoms with Crippen LogP contribution in [0.4, 0.5) is 0 Å². The number of hydrogen-bond acceptors (Lipinski definition) is 4. The third-order valence-corrected chi connectivity index (χ3v) is 5.07. The number of benzene rings is 1. The molecule has 0 radical (unpaired) electrons. The number of thioether (sulfide) groups is 1. The summed E-state index contributed by atoms with van der Waals surface area (Å²) < 4.78 is 1.61. The van der Waals surface area contributed by atoms with Gasteiger partial charge in [-0.25, -0.2) is 0 Å². The molecule has 0 spiro atoms. The molecule has 0 amide bonds. The Balaban J connectivity index is 2.27. The highest BCUT2D eigenvalue weighted by atomic mass is 127. The van der Waals surface area contributed by atoms with E-state index in [-0.39, 0.29) is 11.1 Å². The summed E-state index contributed by atoms with van der Waals surface area (Å²) in [6, 6.07) is 3.63. The summed E-state index contributed by atoms with van der Waals surface area (Å²) in [5.41, 5.74) is 0.720. The number of phenols is 1. The van der Waals surface area contributed by atoms with Crippen molar-refractivity contribution < 1.29 is 15.0 Å². The molecule has 4 nitrogen and oxygen atoms in total.